The Morgan fingerprint density at radius 1 is 1.24 bits per heavy atom. The first-order chi connectivity index (χ1) is 8.29. The van der Waals surface area contributed by atoms with Gasteiger partial charge in [-0.3, -0.25) is 0 Å². The van der Waals surface area contributed by atoms with Crippen LogP contribution in [0.2, 0.25) is 0 Å². The van der Waals surface area contributed by atoms with Gasteiger partial charge in [0.15, 0.2) is 0 Å². The Kier molecular flexibility index (Phi) is 4.38. The fourth-order valence-electron chi connectivity index (χ4n) is 2.55. The van der Waals surface area contributed by atoms with E-state index >= 15 is 0 Å². The first-order valence-corrected chi connectivity index (χ1v) is 6.77. The van der Waals surface area contributed by atoms with E-state index < -0.39 is 0 Å². The van der Waals surface area contributed by atoms with E-state index in [4.69, 9.17) is 0 Å². The summed E-state index contributed by atoms with van der Waals surface area (Å²) in [5.41, 5.74) is 4.40. The van der Waals surface area contributed by atoms with Crippen molar-refractivity contribution in [1.29, 1.82) is 0 Å². The van der Waals surface area contributed by atoms with Gasteiger partial charge in [0.2, 0.25) is 0 Å². The summed E-state index contributed by atoms with van der Waals surface area (Å²) in [7, 11) is 0. The zero-order valence-electron chi connectivity index (χ0n) is 11.0. The molecule has 0 spiro atoms. The average Bonchev–Trinajstić information content (AvgIpc) is 2.85. The molecule has 1 aromatic rings. The van der Waals surface area contributed by atoms with Crippen LogP contribution < -0.4 is 5.32 Å². The molecule has 0 aliphatic heterocycles. The molecule has 0 saturated carbocycles. The van der Waals surface area contributed by atoms with Gasteiger partial charge >= 0.3 is 0 Å². The molecular weight excluding hydrogens is 206 g/mol. The number of nitrogens with one attached hydrogen (secondary N) is 1. The summed E-state index contributed by atoms with van der Waals surface area (Å²) in [6, 6.07) is 9.48. The molecule has 0 fully saturated rings. The van der Waals surface area contributed by atoms with Gasteiger partial charge in [0.1, 0.15) is 0 Å². The van der Waals surface area contributed by atoms with Crippen molar-refractivity contribution in [3.05, 3.63) is 47.0 Å². The van der Waals surface area contributed by atoms with E-state index in [1.165, 1.54) is 30.4 Å². The quantitative estimate of drug-likeness (QED) is 0.760. The number of aryl methyl sites for hydroxylation is 1. The molecule has 92 valence electrons. The summed E-state index contributed by atoms with van der Waals surface area (Å²) in [6.45, 7) is 5.39. The van der Waals surface area contributed by atoms with Gasteiger partial charge < -0.3 is 5.32 Å². The third-order valence-corrected chi connectivity index (χ3v) is 3.53. The second kappa shape index (κ2) is 6.02. The van der Waals surface area contributed by atoms with E-state index in [1.54, 1.807) is 5.57 Å². The lowest BCUT2D eigenvalue weighted by molar-refractivity contribution is 0.574. The van der Waals surface area contributed by atoms with Gasteiger partial charge in [-0.05, 0) is 44.7 Å². The minimum atomic E-state index is 0.546. The molecule has 1 N–H and O–H groups in total. The first-order valence-electron chi connectivity index (χ1n) is 6.77. The second-order valence-electron chi connectivity index (χ2n) is 4.97. The van der Waals surface area contributed by atoms with E-state index in [9.17, 15) is 0 Å². The molecular formula is C16H23N. The molecule has 1 atom stereocenters. The van der Waals surface area contributed by atoms with Crippen molar-refractivity contribution < 1.29 is 0 Å². The van der Waals surface area contributed by atoms with Gasteiger partial charge in [-0.1, -0.05) is 48.4 Å². The molecule has 0 radical (unpaired) electrons. The van der Waals surface area contributed by atoms with Crippen molar-refractivity contribution in [2.45, 2.75) is 45.6 Å². The molecule has 1 unspecified atom stereocenters. The molecule has 0 saturated heterocycles. The minimum Gasteiger partial charge on any atom is -0.310 e. The highest BCUT2D eigenvalue weighted by molar-refractivity contribution is 5.25. The van der Waals surface area contributed by atoms with Gasteiger partial charge in [-0.25, -0.2) is 0 Å². The lowest BCUT2D eigenvalue weighted by Gasteiger charge is -2.19. The highest BCUT2D eigenvalue weighted by Gasteiger charge is 2.16. The summed E-state index contributed by atoms with van der Waals surface area (Å²) in [4.78, 5) is 0. The van der Waals surface area contributed by atoms with E-state index in [0.29, 0.717) is 6.04 Å². The predicted octanol–water partition coefficient (Wildman–Crippen LogP) is 3.63. The van der Waals surface area contributed by atoms with Crippen LogP contribution in [-0.2, 0) is 6.42 Å². The van der Waals surface area contributed by atoms with Crippen molar-refractivity contribution in [3.63, 3.8) is 0 Å². The van der Waals surface area contributed by atoms with Gasteiger partial charge in [0.05, 0.1) is 0 Å². The van der Waals surface area contributed by atoms with E-state index in [-0.39, 0.29) is 0 Å². The SMILES string of the molecule is CCNC(Cc1ccc(C)cc1)C1=CCCC1. The molecule has 0 amide bonds. The standard InChI is InChI=1S/C16H23N/c1-3-17-16(15-6-4-5-7-15)12-14-10-8-13(2)9-11-14/h6,8-11,16-17H,3-5,7,12H2,1-2H3. The maximum absolute atomic E-state index is 3.62. The van der Waals surface area contributed by atoms with Gasteiger partial charge in [-0.15, -0.1) is 0 Å². The van der Waals surface area contributed by atoms with Gasteiger partial charge in [0.25, 0.3) is 0 Å². The van der Waals surface area contributed by atoms with Gasteiger partial charge in [-0.2, -0.15) is 0 Å². The summed E-state index contributed by atoms with van der Waals surface area (Å²) in [5, 5.41) is 3.62. The fourth-order valence-corrected chi connectivity index (χ4v) is 2.55. The first kappa shape index (κ1) is 12.4. The number of allylic oxidation sites excluding steroid dienone is 1. The molecule has 0 bridgehead atoms. The predicted molar refractivity (Wildman–Crippen MR) is 74.3 cm³/mol. The third-order valence-electron chi connectivity index (χ3n) is 3.53. The molecule has 0 aromatic heterocycles. The molecule has 0 heterocycles. The molecule has 1 aliphatic rings. The molecule has 1 aromatic carbocycles. The molecule has 1 aliphatic carbocycles. The highest BCUT2D eigenvalue weighted by atomic mass is 14.9. The van der Waals surface area contributed by atoms with Crippen molar-refractivity contribution in [2.24, 2.45) is 0 Å². The van der Waals surface area contributed by atoms with E-state index in [1.807, 2.05) is 0 Å². The minimum absolute atomic E-state index is 0.546. The van der Waals surface area contributed by atoms with Crippen LogP contribution in [0.15, 0.2) is 35.9 Å². The Morgan fingerprint density at radius 2 is 2.00 bits per heavy atom. The van der Waals surface area contributed by atoms with E-state index in [2.05, 4.69) is 49.5 Å². The van der Waals surface area contributed by atoms with Crippen LogP contribution in [0.25, 0.3) is 0 Å². The fraction of sp³-hybridized carbons (Fsp3) is 0.500. The lowest BCUT2D eigenvalue weighted by Crippen LogP contribution is -2.32. The Labute approximate surface area is 105 Å². The van der Waals surface area contributed by atoms with Crippen LogP contribution in [0.4, 0.5) is 0 Å². The summed E-state index contributed by atoms with van der Waals surface area (Å²) in [6.07, 6.45) is 7.45. The number of benzene rings is 1. The topological polar surface area (TPSA) is 12.0 Å². The molecule has 1 heteroatoms. The van der Waals surface area contributed by atoms with Crippen molar-refractivity contribution >= 4 is 0 Å². The largest absolute Gasteiger partial charge is 0.310 e. The Balaban J connectivity index is 2.04. The number of likely N-dealkylation sites (N-methyl/N-ethyl adjacent to an activating group) is 1. The van der Waals surface area contributed by atoms with Gasteiger partial charge in [0, 0.05) is 6.04 Å². The van der Waals surface area contributed by atoms with E-state index in [0.717, 1.165) is 13.0 Å². The smallest absolute Gasteiger partial charge is 0.0319 e. The van der Waals surface area contributed by atoms with Crippen LogP contribution in [0.3, 0.4) is 0 Å². The summed E-state index contributed by atoms with van der Waals surface area (Å²) < 4.78 is 0. The maximum Gasteiger partial charge on any atom is 0.0319 e. The number of hydrogen-bond donors (Lipinski definition) is 1. The van der Waals surface area contributed by atoms with Crippen molar-refractivity contribution in [3.8, 4) is 0 Å². The van der Waals surface area contributed by atoms with Crippen LogP contribution in [0.1, 0.15) is 37.3 Å². The van der Waals surface area contributed by atoms with Crippen LogP contribution in [0.5, 0.6) is 0 Å². The molecule has 1 nitrogen and oxygen atoms in total. The van der Waals surface area contributed by atoms with Crippen LogP contribution in [0, 0.1) is 6.92 Å². The average molecular weight is 229 g/mol. The Morgan fingerprint density at radius 3 is 2.59 bits per heavy atom. The molecule has 2 rings (SSSR count). The van der Waals surface area contributed by atoms with Crippen molar-refractivity contribution in [1.82, 2.24) is 5.32 Å². The Hall–Kier alpha value is -1.08. The monoisotopic (exact) mass is 229 g/mol. The molecule has 17 heavy (non-hydrogen) atoms. The zero-order chi connectivity index (χ0) is 12.1. The lowest BCUT2D eigenvalue weighted by atomic mass is 9.98. The van der Waals surface area contributed by atoms with Crippen LogP contribution >= 0.6 is 0 Å². The maximum atomic E-state index is 3.62. The normalized spacial score (nSPS) is 16.9. The Bertz CT molecular complexity index is 375. The van der Waals surface area contributed by atoms with Crippen molar-refractivity contribution in [2.75, 3.05) is 6.54 Å². The number of rotatable bonds is 5. The highest BCUT2D eigenvalue weighted by Crippen LogP contribution is 2.23. The summed E-state index contributed by atoms with van der Waals surface area (Å²) in [5.74, 6) is 0. The summed E-state index contributed by atoms with van der Waals surface area (Å²) >= 11 is 0. The zero-order valence-corrected chi connectivity index (χ0v) is 11.0. The second-order valence-corrected chi connectivity index (χ2v) is 4.97. The number of hydrogen-bond acceptors (Lipinski definition) is 1. The third kappa shape index (κ3) is 3.44. The van der Waals surface area contributed by atoms with Crippen LogP contribution in [-0.4, -0.2) is 12.6 Å².